The lowest BCUT2D eigenvalue weighted by molar-refractivity contribution is -0.385. The summed E-state index contributed by atoms with van der Waals surface area (Å²) in [6.45, 7) is 6.88. The van der Waals surface area contributed by atoms with E-state index in [1.165, 1.54) is 12.1 Å². The van der Waals surface area contributed by atoms with Crippen LogP contribution in [0.1, 0.15) is 18.0 Å². The molecular formula is C14H19FN2O3Si. The van der Waals surface area contributed by atoms with Crippen molar-refractivity contribution >= 4 is 14.0 Å². The van der Waals surface area contributed by atoms with Crippen molar-refractivity contribution in [2.45, 2.75) is 32.1 Å². The monoisotopic (exact) mass is 310 g/mol. The molecule has 21 heavy (non-hydrogen) atoms. The highest BCUT2D eigenvalue weighted by Crippen LogP contribution is 2.29. The molecule has 1 heterocycles. The Labute approximate surface area is 124 Å². The minimum atomic E-state index is -1.69. The van der Waals surface area contributed by atoms with Gasteiger partial charge < -0.3 is 9.74 Å². The Morgan fingerprint density at radius 3 is 2.71 bits per heavy atom. The molecule has 0 amide bonds. The van der Waals surface area contributed by atoms with Gasteiger partial charge in [-0.2, -0.15) is 0 Å². The third-order valence-electron chi connectivity index (χ3n) is 3.11. The molecule has 1 unspecified atom stereocenters. The Hall–Kier alpha value is -1.73. The van der Waals surface area contributed by atoms with Crippen molar-refractivity contribution < 1.29 is 13.7 Å². The number of hydrogen-bond donors (Lipinski definition) is 1. The molecule has 0 aliphatic carbocycles. The molecule has 0 saturated carbocycles. The molecule has 1 aliphatic heterocycles. The van der Waals surface area contributed by atoms with Crippen LogP contribution in [0.5, 0.6) is 0 Å². The molecule has 0 aromatic heterocycles. The Morgan fingerprint density at radius 2 is 2.14 bits per heavy atom. The summed E-state index contributed by atoms with van der Waals surface area (Å²) < 4.78 is 20.0. The Bertz CT molecular complexity index is 584. The molecule has 5 nitrogen and oxygen atoms in total. The van der Waals surface area contributed by atoms with Crippen molar-refractivity contribution in [3.8, 4) is 0 Å². The molecule has 2 rings (SSSR count). The van der Waals surface area contributed by atoms with Gasteiger partial charge in [-0.05, 0) is 31.8 Å². The summed E-state index contributed by atoms with van der Waals surface area (Å²) in [5.74, 6) is 0.312. The highest BCUT2D eigenvalue weighted by atomic mass is 28.4. The maximum Gasteiger partial charge on any atom is 0.272 e. The summed E-state index contributed by atoms with van der Waals surface area (Å²) >= 11 is 0. The van der Waals surface area contributed by atoms with Crippen molar-refractivity contribution in [2.24, 2.45) is 0 Å². The fourth-order valence-electron chi connectivity index (χ4n) is 2.28. The summed E-state index contributed by atoms with van der Waals surface area (Å²) in [4.78, 5) is 10.1. The molecule has 114 valence electrons. The quantitative estimate of drug-likeness (QED) is 0.525. The van der Waals surface area contributed by atoms with E-state index in [2.05, 4.69) is 25.0 Å². The molecule has 1 atom stereocenters. The van der Waals surface area contributed by atoms with E-state index in [0.717, 1.165) is 11.8 Å². The largest absolute Gasteiger partial charge is 0.547 e. The van der Waals surface area contributed by atoms with Gasteiger partial charge in [0, 0.05) is 30.6 Å². The van der Waals surface area contributed by atoms with Crippen LogP contribution in [0.25, 0.3) is 0 Å². The van der Waals surface area contributed by atoms with Gasteiger partial charge in [0.2, 0.25) is 8.32 Å². The highest BCUT2D eigenvalue weighted by molar-refractivity contribution is 6.70. The van der Waals surface area contributed by atoms with Crippen molar-refractivity contribution in [2.75, 3.05) is 6.54 Å². The predicted octanol–water partition coefficient (Wildman–Crippen LogP) is 3.50. The molecular weight excluding hydrogens is 291 g/mol. The summed E-state index contributed by atoms with van der Waals surface area (Å²) in [6.07, 6.45) is 2.52. The first-order chi connectivity index (χ1) is 9.76. The van der Waals surface area contributed by atoms with E-state index in [0.29, 0.717) is 18.5 Å². The van der Waals surface area contributed by atoms with E-state index < -0.39 is 19.1 Å². The van der Waals surface area contributed by atoms with Gasteiger partial charge in [-0.15, -0.1) is 0 Å². The van der Waals surface area contributed by atoms with Crippen LogP contribution in [-0.4, -0.2) is 19.8 Å². The number of nitro benzene ring substituents is 1. The zero-order valence-electron chi connectivity index (χ0n) is 12.4. The number of non-ortho nitro benzene ring substituents is 1. The van der Waals surface area contributed by atoms with Gasteiger partial charge in [0.1, 0.15) is 5.82 Å². The van der Waals surface area contributed by atoms with E-state index in [-0.39, 0.29) is 11.7 Å². The lowest BCUT2D eigenvalue weighted by Gasteiger charge is -2.29. The number of nitrogens with one attached hydrogen (secondary N) is 1. The number of benzene rings is 1. The summed E-state index contributed by atoms with van der Waals surface area (Å²) in [5, 5.41) is 13.8. The average molecular weight is 310 g/mol. The lowest BCUT2D eigenvalue weighted by atomic mass is 9.99. The van der Waals surface area contributed by atoms with Gasteiger partial charge in [-0.1, -0.05) is 0 Å². The Kier molecular flexibility index (Phi) is 4.43. The molecule has 1 aromatic carbocycles. The van der Waals surface area contributed by atoms with E-state index in [1.54, 1.807) is 0 Å². The normalized spacial score (nSPS) is 19.0. The van der Waals surface area contributed by atoms with Crippen molar-refractivity contribution in [1.82, 2.24) is 5.32 Å². The average Bonchev–Trinajstić information content (AvgIpc) is 2.36. The van der Waals surface area contributed by atoms with Gasteiger partial charge in [-0.25, -0.2) is 4.39 Å². The number of nitro groups is 1. The smallest absolute Gasteiger partial charge is 0.272 e. The van der Waals surface area contributed by atoms with Crippen LogP contribution in [0, 0.1) is 15.9 Å². The zero-order chi connectivity index (χ0) is 15.6. The Morgan fingerprint density at radius 1 is 1.43 bits per heavy atom. The van der Waals surface area contributed by atoms with Crippen LogP contribution in [0.15, 0.2) is 30.0 Å². The molecule has 7 heteroatoms. The van der Waals surface area contributed by atoms with Crippen molar-refractivity contribution in [3.05, 3.63) is 51.5 Å². The van der Waals surface area contributed by atoms with Crippen LogP contribution in [0.4, 0.5) is 10.1 Å². The molecule has 0 spiro atoms. The van der Waals surface area contributed by atoms with Crippen LogP contribution in [0.3, 0.4) is 0 Å². The van der Waals surface area contributed by atoms with Crippen LogP contribution >= 0.6 is 0 Å². The maximum atomic E-state index is 14.1. The Balaban J connectivity index is 2.16. The first-order valence-electron chi connectivity index (χ1n) is 6.81. The van der Waals surface area contributed by atoms with E-state index in [9.17, 15) is 14.5 Å². The van der Waals surface area contributed by atoms with E-state index >= 15 is 0 Å². The second-order valence-electron chi connectivity index (χ2n) is 6.01. The molecule has 0 fully saturated rings. The van der Waals surface area contributed by atoms with E-state index in [4.69, 9.17) is 4.43 Å². The summed E-state index contributed by atoms with van der Waals surface area (Å²) in [6, 6.07) is 3.55. The number of hydrogen-bond acceptors (Lipinski definition) is 4. The maximum absolute atomic E-state index is 14.1. The second kappa shape index (κ2) is 5.95. The van der Waals surface area contributed by atoms with Crippen LogP contribution in [-0.2, 0) is 4.43 Å². The zero-order valence-corrected chi connectivity index (χ0v) is 13.4. The van der Waals surface area contributed by atoms with Gasteiger partial charge in [0.05, 0.1) is 16.7 Å². The minimum absolute atomic E-state index is 0.220. The number of halogens is 1. The molecule has 1 aliphatic rings. The third kappa shape index (κ3) is 4.12. The standard InChI is InChI=1S/C14H19FN2O3Si/c1-21(2,3)20-11-6-7-16-14(9-11)12-5-4-10(17(18)19)8-13(12)15/h4-6,8,14,16H,7,9H2,1-3H3. The molecule has 0 saturated heterocycles. The molecule has 0 bridgehead atoms. The first kappa shape index (κ1) is 15.7. The minimum Gasteiger partial charge on any atom is -0.547 e. The second-order valence-corrected chi connectivity index (χ2v) is 10.4. The van der Waals surface area contributed by atoms with Crippen LogP contribution in [0.2, 0.25) is 19.6 Å². The topological polar surface area (TPSA) is 64.4 Å². The summed E-state index contributed by atoms with van der Waals surface area (Å²) in [5.41, 5.74) is 0.201. The number of rotatable bonds is 4. The SMILES string of the molecule is C[Si](C)(C)OC1=CCNC(c2ccc([N+](=O)[O-])cc2F)C1. The van der Waals surface area contributed by atoms with Crippen molar-refractivity contribution in [1.29, 1.82) is 0 Å². The fraction of sp³-hybridized carbons (Fsp3) is 0.429. The van der Waals surface area contributed by atoms with E-state index in [1.807, 2.05) is 6.08 Å². The molecule has 0 radical (unpaired) electrons. The first-order valence-corrected chi connectivity index (χ1v) is 10.2. The van der Waals surface area contributed by atoms with Gasteiger partial charge >= 0.3 is 0 Å². The van der Waals surface area contributed by atoms with Gasteiger partial charge in [0.15, 0.2) is 0 Å². The van der Waals surface area contributed by atoms with Gasteiger partial charge in [0.25, 0.3) is 5.69 Å². The lowest BCUT2D eigenvalue weighted by Crippen LogP contribution is -2.32. The number of nitrogens with zero attached hydrogens (tertiary/aromatic N) is 1. The van der Waals surface area contributed by atoms with Gasteiger partial charge in [-0.3, -0.25) is 10.1 Å². The molecule has 1 N–H and O–H groups in total. The summed E-state index contributed by atoms with van der Waals surface area (Å²) in [7, 11) is -1.69. The van der Waals surface area contributed by atoms with Crippen molar-refractivity contribution in [3.63, 3.8) is 0 Å². The third-order valence-corrected chi connectivity index (χ3v) is 3.98. The molecule has 1 aromatic rings. The van der Waals surface area contributed by atoms with Crippen LogP contribution < -0.4 is 5.32 Å². The highest BCUT2D eigenvalue weighted by Gasteiger charge is 2.25. The fourth-order valence-corrected chi connectivity index (χ4v) is 3.23. The predicted molar refractivity (Wildman–Crippen MR) is 80.9 cm³/mol.